The molecular weight excluding hydrogens is 336 g/mol. The minimum absolute atomic E-state index is 0.254. The number of thiocarbonyl (C=S) groups is 1. The molecule has 1 fully saturated rings. The smallest absolute Gasteiger partial charge is 0.358 e. The van der Waals surface area contributed by atoms with Crippen molar-refractivity contribution in [2.75, 3.05) is 13.2 Å². The van der Waals surface area contributed by atoms with Gasteiger partial charge in [-0.25, -0.2) is 0 Å². The van der Waals surface area contributed by atoms with Crippen molar-refractivity contribution < 1.29 is 34.3 Å². The summed E-state index contributed by atoms with van der Waals surface area (Å²) in [6.07, 6.45) is -5.73. The van der Waals surface area contributed by atoms with Gasteiger partial charge in [0.15, 0.2) is 12.4 Å². The van der Waals surface area contributed by atoms with Crippen LogP contribution in [-0.2, 0) is 14.2 Å². The molecule has 0 radical (unpaired) electrons. The zero-order valence-corrected chi connectivity index (χ0v) is 14.3. The van der Waals surface area contributed by atoms with Crippen LogP contribution in [0.4, 0.5) is 0 Å². The lowest BCUT2D eigenvalue weighted by atomic mass is 9.99. The predicted molar refractivity (Wildman–Crippen MR) is 88.7 cm³/mol. The summed E-state index contributed by atoms with van der Waals surface area (Å²) in [6, 6.07) is 7.15. The van der Waals surface area contributed by atoms with Gasteiger partial charge in [-0.1, -0.05) is 17.7 Å². The normalized spacial score (nSPS) is 30.0. The molecule has 1 heterocycles. The highest BCUT2D eigenvalue weighted by atomic mass is 32.1. The Morgan fingerprint density at radius 2 is 1.88 bits per heavy atom. The zero-order chi connectivity index (χ0) is 17.7. The van der Waals surface area contributed by atoms with Gasteiger partial charge in [-0.2, -0.15) is 0 Å². The minimum Gasteiger partial charge on any atom is -0.447 e. The molecule has 1 saturated heterocycles. The maximum absolute atomic E-state index is 10.3. The minimum atomic E-state index is -1.29. The monoisotopic (exact) mass is 358 g/mol. The first-order valence-electron chi connectivity index (χ1n) is 7.65. The van der Waals surface area contributed by atoms with Crippen LogP contribution in [-0.4, -0.2) is 64.5 Å². The van der Waals surface area contributed by atoms with Crippen LogP contribution < -0.4 is 4.74 Å². The zero-order valence-electron chi connectivity index (χ0n) is 13.5. The van der Waals surface area contributed by atoms with Gasteiger partial charge in [-0.15, -0.1) is 0 Å². The number of rotatable bonds is 5. The molecule has 24 heavy (non-hydrogen) atoms. The number of hydrogen-bond acceptors (Lipinski definition) is 8. The maximum Gasteiger partial charge on any atom is 0.358 e. The molecule has 1 aromatic carbocycles. The molecule has 134 valence electrons. The van der Waals surface area contributed by atoms with Gasteiger partial charge < -0.3 is 34.3 Å². The molecule has 3 N–H and O–H groups in total. The molecule has 1 aromatic rings. The highest BCUT2D eigenvalue weighted by Crippen LogP contribution is 2.25. The Morgan fingerprint density at radius 3 is 2.46 bits per heavy atom. The Balaban J connectivity index is 2.03. The molecule has 1 aliphatic heterocycles. The summed E-state index contributed by atoms with van der Waals surface area (Å²) in [5, 5.41) is 29.5. The Kier molecular flexibility index (Phi) is 6.90. The third-order valence-corrected chi connectivity index (χ3v) is 3.79. The van der Waals surface area contributed by atoms with E-state index in [9.17, 15) is 15.3 Å². The van der Waals surface area contributed by atoms with E-state index in [0.29, 0.717) is 5.75 Å². The van der Waals surface area contributed by atoms with Crippen LogP contribution in [0.1, 0.15) is 12.5 Å². The van der Waals surface area contributed by atoms with Crippen molar-refractivity contribution in [3.05, 3.63) is 29.8 Å². The molecule has 7 nitrogen and oxygen atoms in total. The van der Waals surface area contributed by atoms with Crippen molar-refractivity contribution >= 4 is 17.5 Å². The Labute approximate surface area is 145 Å². The largest absolute Gasteiger partial charge is 0.447 e. The second kappa shape index (κ2) is 8.70. The number of aliphatic hydroxyl groups excluding tert-OH is 3. The third kappa shape index (κ3) is 4.62. The lowest BCUT2D eigenvalue weighted by molar-refractivity contribution is -0.298. The number of benzene rings is 1. The van der Waals surface area contributed by atoms with E-state index in [4.69, 9.17) is 31.2 Å². The fourth-order valence-corrected chi connectivity index (χ4v) is 2.54. The van der Waals surface area contributed by atoms with Crippen LogP contribution in [0, 0.1) is 6.92 Å². The van der Waals surface area contributed by atoms with E-state index in [1.54, 1.807) is 19.1 Å². The van der Waals surface area contributed by atoms with Crippen LogP contribution in [0.25, 0.3) is 0 Å². The topological polar surface area (TPSA) is 97.6 Å². The molecule has 8 heteroatoms. The van der Waals surface area contributed by atoms with Gasteiger partial charge in [0.05, 0.1) is 6.61 Å². The highest BCUT2D eigenvalue weighted by molar-refractivity contribution is 7.79. The van der Waals surface area contributed by atoms with E-state index in [2.05, 4.69) is 0 Å². The fraction of sp³-hybridized carbons (Fsp3) is 0.562. The van der Waals surface area contributed by atoms with Crippen LogP contribution in [0.15, 0.2) is 24.3 Å². The van der Waals surface area contributed by atoms with E-state index < -0.39 is 37.3 Å². The van der Waals surface area contributed by atoms with Crippen molar-refractivity contribution in [2.45, 2.75) is 44.6 Å². The number of aliphatic hydroxyl groups is 3. The van der Waals surface area contributed by atoms with Gasteiger partial charge in [0, 0.05) is 18.8 Å². The van der Waals surface area contributed by atoms with Crippen molar-refractivity contribution in [1.29, 1.82) is 0 Å². The van der Waals surface area contributed by atoms with E-state index in [0.717, 1.165) is 5.56 Å². The van der Waals surface area contributed by atoms with Crippen LogP contribution in [0.3, 0.4) is 0 Å². The first-order valence-corrected chi connectivity index (χ1v) is 8.06. The molecule has 1 aliphatic rings. The first-order chi connectivity index (χ1) is 11.5. The van der Waals surface area contributed by atoms with E-state index in [1.165, 1.54) is 0 Å². The van der Waals surface area contributed by atoms with Gasteiger partial charge in [-0.05, 0) is 26.0 Å². The number of hydrogen-bond donors (Lipinski definition) is 3. The summed E-state index contributed by atoms with van der Waals surface area (Å²) in [5.41, 5.74) is 1.06. The SMILES string of the molecule is CCO[C@H]1O[C@H](CO)[C@@H](O)[C@H](OC(=S)Oc2ccc(C)cc2)[C@@H]1O. The molecule has 0 amide bonds. The maximum atomic E-state index is 10.3. The fourth-order valence-electron chi connectivity index (χ4n) is 2.33. The lowest BCUT2D eigenvalue weighted by Crippen LogP contribution is -2.60. The molecule has 2 rings (SSSR count). The standard InChI is InChI=1S/C16H22O7S/c1-3-20-15-13(19)14(12(18)11(8-17)22-15)23-16(24)21-10-6-4-9(2)5-7-10/h4-7,11-15,17-19H,3,8H2,1-2H3/t11-,12-,13+,14+,15+/m1/s1. The summed E-state index contributed by atoms with van der Waals surface area (Å²) in [5.74, 6) is 0.474. The van der Waals surface area contributed by atoms with Gasteiger partial charge in [-0.3, -0.25) is 0 Å². The predicted octanol–water partition coefficient (Wildman–Crippen LogP) is 0.519. The second-order valence-electron chi connectivity index (χ2n) is 5.41. The molecule has 0 unspecified atom stereocenters. The Hall–Kier alpha value is -1.29. The molecule has 0 aromatic heterocycles. The van der Waals surface area contributed by atoms with E-state index in [-0.39, 0.29) is 11.8 Å². The van der Waals surface area contributed by atoms with E-state index >= 15 is 0 Å². The van der Waals surface area contributed by atoms with Crippen LogP contribution >= 0.6 is 12.2 Å². The van der Waals surface area contributed by atoms with Gasteiger partial charge in [0.1, 0.15) is 24.1 Å². The second-order valence-corrected chi connectivity index (χ2v) is 5.74. The number of aryl methyl sites for hydroxylation is 1. The van der Waals surface area contributed by atoms with E-state index in [1.807, 2.05) is 19.1 Å². The lowest BCUT2D eigenvalue weighted by Gasteiger charge is -2.41. The summed E-state index contributed by atoms with van der Waals surface area (Å²) in [4.78, 5) is 0. The van der Waals surface area contributed by atoms with Crippen LogP contribution in [0.5, 0.6) is 5.75 Å². The summed E-state index contributed by atoms with van der Waals surface area (Å²) >= 11 is 5.02. The molecule has 5 atom stereocenters. The summed E-state index contributed by atoms with van der Waals surface area (Å²) < 4.78 is 21.3. The molecule has 0 bridgehead atoms. The van der Waals surface area contributed by atoms with Gasteiger partial charge in [0.25, 0.3) is 0 Å². The molecule has 0 spiro atoms. The third-order valence-electron chi connectivity index (χ3n) is 3.61. The summed E-state index contributed by atoms with van der Waals surface area (Å²) in [7, 11) is 0. The van der Waals surface area contributed by atoms with Crippen molar-refractivity contribution in [3.8, 4) is 5.75 Å². The number of ether oxygens (including phenoxy) is 4. The van der Waals surface area contributed by atoms with Crippen molar-refractivity contribution in [1.82, 2.24) is 0 Å². The first kappa shape index (κ1) is 19.0. The van der Waals surface area contributed by atoms with Crippen LogP contribution in [0.2, 0.25) is 0 Å². The average Bonchev–Trinajstić information content (AvgIpc) is 2.56. The average molecular weight is 358 g/mol. The van der Waals surface area contributed by atoms with Gasteiger partial charge >= 0.3 is 5.24 Å². The summed E-state index contributed by atoms with van der Waals surface area (Å²) in [6.45, 7) is 3.50. The Morgan fingerprint density at radius 1 is 1.21 bits per heavy atom. The highest BCUT2D eigenvalue weighted by Gasteiger charge is 2.47. The Bertz CT molecular complexity index is 536. The molecule has 0 aliphatic carbocycles. The van der Waals surface area contributed by atoms with Gasteiger partial charge in [0.2, 0.25) is 0 Å². The molecule has 0 saturated carbocycles. The van der Waals surface area contributed by atoms with Crippen molar-refractivity contribution in [2.24, 2.45) is 0 Å². The van der Waals surface area contributed by atoms with Crippen molar-refractivity contribution in [3.63, 3.8) is 0 Å². The quantitative estimate of drug-likeness (QED) is 0.656. The molecular formula is C16H22O7S.